The Bertz CT molecular complexity index is 178. The molecule has 0 rings (SSSR count). The van der Waals surface area contributed by atoms with E-state index in [1.54, 1.807) is 6.92 Å². The number of nitrogens with zero attached hydrogens (tertiary/aromatic N) is 1. The minimum absolute atomic E-state index is 0.440. The van der Waals surface area contributed by atoms with Gasteiger partial charge in [-0.05, 0) is 34.2 Å². The fraction of sp³-hybridized carbons (Fsp3) is 0.889. The van der Waals surface area contributed by atoms with Crippen LogP contribution in [0.5, 0.6) is 0 Å². The van der Waals surface area contributed by atoms with Crippen LogP contribution < -0.4 is 11.5 Å². The molecule has 0 heterocycles. The van der Waals surface area contributed by atoms with Crippen LogP contribution in [0.2, 0.25) is 0 Å². The Balaban J connectivity index is 3.95. The van der Waals surface area contributed by atoms with Crippen molar-refractivity contribution in [1.29, 1.82) is 0 Å². The minimum atomic E-state index is -0.886. The molecule has 0 aliphatic carbocycles. The molecule has 4 heteroatoms. The molecule has 1 unspecified atom stereocenters. The molecule has 4 N–H and O–H groups in total. The molecule has 0 spiro atoms. The van der Waals surface area contributed by atoms with Crippen molar-refractivity contribution in [2.45, 2.75) is 38.8 Å². The maximum absolute atomic E-state index is 10.9. The van der Waals surface area contributed by atoms with Crippen LogP contribution in [-0.2, 0) is 4.79 Å². The number of rotatable bonds is 5. The molecule has 0 aromatic rings. The molecule has 0 aromatic carbocycles. The van der Waals surface area contributed by atoms with E-state index in [1.165, 1.54) is 0 Å². The van der Waals surface area contributed by atoms with E-state index in [-0.39, 0.29) is 0 Å². The lowest BCUT2D eigenvalue weighted by Crippen LogP contribution is -2.51. The van der Waals surface area contributed by atoms with Gasteiger partial charge in [0.05, 0.1) is 5.54 Å². The van der Waals surface area contributed by atoms with E-state index in [4.69, 9.17) is 11.5 Å². The van der Waals surface area contributed by atoms with E-state index in [0.717, 1.165) is 6.54 Å². The predicted octanol–water partition coefficient (Wildman–Crippen LogP) is -0.0806. The van der Waals surface area contributed by atoms with Gasteiger partial charge in [-0.25, -0.2) is 0 Å². The third kappa shape index (κ3) is 4.24. The molecule has 0 aliphatic rings. The molecule has 1 amide bonds. The summed E-state index contributed by atoms with van der Waals surface area (Å²) in [5.74, 6) is -0.440. The molecule has 0 aromatic heterocycles. The zero-order valence-corrected chi connectivity index (χ0v) is 9.00. The highest BCUT2D eigenvalue weighted by atomic mass is 16.1. The fourth-order valence-electron chi connectivity index (χ4n) is 0.790. The van der Waals surface area contributed by atoms with Gasteiger partial charge in [-0.15, -0.1) is 0 Å². The highest BCUT2D eigenvalue weighted by Gasteiger charge is 2.25. The van der Waals surface area contributed by atoms with Crippen LogP contribution in [0.25, 0.3) is 0 Å². The second kappa shape index (κ2) is 4.58. The molecule has 0 aliphatic heterocycles. The average molecular weight is 187 g/mol. The van der Waals surface area contributed by atoms with Crippen molar-refractivity contribution in [3.05, 3.63) is 0 Å². The molecule has 0 bridgehead atoms. The first kappa shape index (κ1) is 12.4. The average Bonchev–Trinajstić information content (AvgIpc) is 1.99. The van der Waals surface area contributed by atoms with Gasteiger partial charge in [-0.2, -0.15) is 0 Å². The molecule has 13 heavy (non-hydrogen) atoms. The monoisotopic (exact) mass is 187 g/mol. The van der Waals surface area contributed by atoms with Crippen molar-refractivity contribution in [3.8, 4) is 0 Å². The van der Waals surface area contributed by atoms with Crippen LogP contribution in [0.15, 0.2) is 0 Å². The standard InChI is InChI=1S/C9H21N3O/c1-7(2)12(4)6-5-9(3,11)8(10)13/h7H,5-6,11H2,1-4H3,(H2,10,13). The van der Waals surface area contributed by atoms with Crippen molar-refractivity contribution in [3.63, 3.8) is 0 Å². The summed E-state index contributed by atoms with van der Waals surface area (Å²) in [5, 5.41) is 0. The number of carbonyl (C=O) groups excluding carboxylic acids is 1. The van der Waals surface area contributed by atoms with Gasteiger partial charge in [0.1, 0.15) is 0 Å². The summed E-state index contributed by atoms with van der Waals surface area (Å²) in [4.78, 5) is 13.0. The molecule has 0 fully saturated rings. The van der Waals surface area contributed by atoms with Crippen LogP contribution in [0, 0.1) is 0 Å². The normalized spacial score (nSPS) is 16.2. The molecule has 0 saturated carbocycles. The third-order valence-electron chi connectivity index (χ3n) is 2.43. The topological polar surface area (TPSA) is 72.3 Å². The lowest BCUT2D eigenvalue weighted by molar-refractivity contribution is -0.122. The second-order valence-electron chi connectivity index (χ2n) is 4.11. The number of hydrogen-bond acceptors (Lipinski definition) is 3. The zero-order valence-electron chi connectivity index (χ0n) is 9.00. The summed E-state index contributed by atoms with van der Waals surface area (Å²) < 4.78 is 0. The van der Waals surface area contributed by atoms with Crippen LogP contribution in [0.3, 0.4) is 0 Å². The summed E-state index contributed by atoms with van der Waals surface area (Å²) in [6.07, 6.45) is 0.594. The van der Waals surface area contributed by atoms with E-state index in [9.17, 15) is 4.79 Å². The van der Waals surface area contributed by atoms with Crippen LogP contribution in [0.4, 0.5) is 0 Å². The highest BCUT2D eigenvalue weighted by Crippen LogP contribution is 2.06. The summed E-state index contributed by atoms with van der Waals surface area (Å²) >= 11 is 0. The Labute approximate surface area is 80.3 Å². The van der Waals surface area contributed by atoms with E-state index in [0.29, 0.717) is 12.5 Å². The van der Waals surface area contributed by atoms with Crippen LogP contribution >= 0.6 is 0 Å². The first-order valence-electron chi connectivity index (χ1n) is 4.56. The first-order valence-corrected chi connectivity index (χ1v) is 4.56. The number of nitrogens with two attached hydrogens (primary N) is 2. The summed E-state index contributed by atoms with van der Waals surface area (Å²) in [6, 6.07) is 0.462. The van der Waals surface area contributed by atoms with Crippen molar-refractivity contribution < 1.29 is 4.79 Å². The van der Waals surface area contributed by atoms with Crippen molar-refractivity contribution >= 4 is 5.91 Å². The minimum Gasteiger partial charge on any atom is -0.368 e. The highest BCUT2D eigenvalue weighted by molar-refractivity contribution is 5.83. The van der Waals surface area contributed by atoms with Gasteiger partial charge in [0, 0.05) is 12.6 Å². The molecule has 78 valence electrons. The summed E-state index contributed by atoms with van der Waals surface area (Å²) in [7, 11) is 2.00. The Morgan fingerprint density at radius 1 is 1.54 bits per heavy atom. The van der Waals surface area contributed by atoms with Gasteiger partial charge in [-0.1, -0.05) is 0 Å². The Hall–Kier alpha value is -0.610. The lowest BCUT2D eigenvalue weighted by atomic mass is 9.98. The van der Waals surface area contributed by atoms with Crippen molar-refractivity contribution in [1.82, 2.24) is 4.90 Å². The van der Waals surface area contributed by atoms with E-state index < -0.39 is 11.4 Å². The van der Waals surface area contributed by atoms with Gasteiger partial charge in [0.15, 0.2) is 0 Å². The zero-order chi connectivity index (χ0) is 10.6. The molecule has 0 radical (unpaired) electrons. The van der Waals surface area contributed by atoms with E-state index in [2.05, 4.69) is 18.7 Å². The van der Waals surface area contributed by atoms with Crippen LogP contribution in [-0.4, -0.2) is 36.0 Å². The molecular formula is C9H21N3O. The summed E-state index contributed by atoms with van der Waals surface area (Å²) in [6.45, 7) is 6.65. The predicted molar refractivity (Wildman–Crippen MR) is 54.2 cm³/mol. The molecular weight excluding hydrogens is 166 g/mol. The molecule has 1 atom stereocenters. The van der Waals surface area contributed by atoms with Crippen molar-refractivity contribution in [2.24, 2.45) is 11.5 Å². The smallest absolute Gasteiger partial charge is 0.237 e. The second-order valence-corrected chi connectivity index (χ2v) is 4.11. The number of carbonyl (C=O) groups is 1. The largest absolute Gasteiger partial charge is 0.368 e. The fourth-order valence-corrected chi connectivity index (χ4v) is 0.790. The molecule has 0 saturated heterocycles. The van der Waals surface area contributed by atoms with E-state index in [1.807, 2.05) is 7.05 Å². The van der Waals surface area contributed by atoms with Gasteiger partial charge in [0.25, 0.3) is 0 Å². The quantitative estimate of drug-likeness (QED) is 0.632. The van der Waals surface area contributed by atoms with E-state index >= 15 is 0 Å². The Morgan fingerprint density at radius 2 is 2.00 bits per heavy atom. The van der Waals surface area contributed by atoms with Crippen LogP contribution in [0.1, 0.15) is 27.2 Å². The Kier molecular flexibility index (Phi) is 4.36. The third-order valence-corrected chi connectivity index (χ3v) is 2.43. The first-order chi connectivity index (χ1) is 5.77. The Morgan fingerprint density at radius 3 is 2.31 bits per heavy atom. The lowest BCUT2D eigenvalue weighted by Gasteiger charge is -2.26. The van der Waals surface area contributed by atoms with Crippen molar-refractivity contribution in [2.75, 3.05) is 13.6 Å². The van der Waals surface area contributed by atoms with Gasteiger partial charge in [0.2, 0.25) is 5.91 Å². The number of amides is 1. The summed E-state index contributed by atoms with van der Waals surface area (Å²) in [5.41, 5.74) is 9.97. The number of primary amides is 1. The SMILES string of the molecule is CC(C)N(C)CCC(C)(N)C(N)=O. The van der Waals surface area contributed by atoms with Gasteiger partial charge < -0.3 is 16.4 Å². The van der Waals surface area contributed by atoms with Gasteiger partial charge >= 0.3 is 0 Å². The number of hydrogen-bond donors (Lipinski definition) is 2. The molecule has 4 nitrogen and oxygen atoms in total. The maximum Gasteiger partial charge on any atom is 0.237 e. The maximum atomic E-state index is 10.9. The van der Waals surface area contributed by atoms with Gasteiger partial charge in [-0.3, -0.25) is 4.79 Å².